The minimum absolute atomic E-state index is 0.142. The van der Waals surface area contributed by atoms with Gasteiger partial charge in [0.2, 0.25) is 0 Å². The highest BCUT2D eigenvalue weighted by Crippen LogP contribution is 2.31. The lowest BCUT2D eigenvalue weighted by Gasteiger charge is -2.13. The van der Waals surface area contributed by atoms with Gasteiger partial charge in [0.15, 0.2) is 11.0 Å². The van der Waals surface area contributed by atoms with Crippen LogP contribution in [-0.4, -0.2) is 20.7 Å². The Labute approximate surface area is 224 Å². The number of aryl methyl sites for hydroxylation is 1. The zero-order chi connectivity index (χ0) is 25.5. The largest absolute Gasteiger partial charge is 0.345 e. The van der Waals surface area contributed by atoms with Crippen LogP contribution in [0.3, 0.4) is 0 Å². The molecule has 4 aromatic rings. The fraction of sp³-hybridized carbons (Fsp3) is 0.222. The highest BCUT2D eigenvalue weighted by Gasteiger charge is 2.18. The summed E-state index contributed by atoms with van der Waals surface area (Å²) in [6, 6.07) is 19.1. The Morgan fingerprint density at radius 2 is 1.72 bits per heavy atom. The number of amides is 1. The van der Waals surface area contributed by atoms with Crippen LogP contribution in [0.2, 0.25) is 10.0 Å². The summed E-state index contributed by atoms with van der Waals surface area (Å²) in [6.45, 7) is 2.30. The predicted octanol–water partition coefficient (Wildman–Crippen LogP) is 7.28. The van der Waals surface area contributed by atoms with Gasteiger partial charge in [-0.15, -0.1) is 10.2 Å². The minimum atomic E-state index is -0.286. The molecular weight excluding hydrogens is 518 g/mol. The molecule has 4 rings (SSSR count). The Hall–Kier alpha value is -2.87. The van der Waals surface area contributed by atoms with Crippen molar-refractivity contribution in [2.24, 2.45) is 0 Å². The maximum absolute atomic E-state index is 13.3. The van der Waals surface area contributed by atoms with Crippen LogP contribution in [-0.2, 0) is 18.7 Å². The summed E-state index contributed by atoms with van der Waals surface area (Å²) in [5, 5.41) is 13.1. The first-order valence-electron chi connectivity index (χ1n) is 11.6. The highest BCUT2D eigenvalue weighted by atomic mass is 35.5. The van der Waals surface area contributed by atoms with Gasteiger partial charge in [-0.3, -0.25) is 9.36 Å². The second kappa shape index (κ2) is 12.4. The van der Waals surface area contributed by atoms with E-state index in [0.717, 1.165) is 24.8 Å². The average Bonchev–Trinajstić information content (AvgIpc) is 3.30. The van der Waals surface area contributed by atoms with E-state index in [0.29, 0.717) is 38.0 Å². The monoisotopic (exact) mass is 542 g/mol. The predicted molar refractivity (Wildman–Crippen MR) is 144 cm³/mol. The number of unbranched alkanes of at least 4 members (excludes halogenated alkanes) is 1. The number of aromatic nitrogens is 3. The van der Waals surface area contributed by atoms with Gasteiger partial charge in [0.1, 0.15) is 5.82 Å². The fourth-order valence-electron chi connectivity index (χ4n) is 3.60. The number of carbonyl (C=O) groups excluding carboxylic acids is 1. The molecule has 0 saturated carbocycles. The molecule has 0 bridgehead atoms. The topological polar surface area (TPSA) is 59.8 Å². The molecule has 0 unspecified atom stereocenters. The molecular formula is C27H25Cl2FN4OS. The van der Waals surface area contributed by atoms with Crippen molar-refractivity contribution in [2.45, 2.75) is 43.6 Å². The van der Waals surface area contributed by atoms with E-state index >= 15 is 0 Å². The number of carbonyl (C=O) groups is 1. The summed E-state index contributed by atoms with van der Waals surface area (Å²) in [6.07, 6.45) is 3.25. The Balaban J connectivity index is 1.54. The molecule has 9 heteroatoms. The summed E-state index contributed by atoms with van der Waals surface area (Å²) in [5.74, 6) is 0.567. The van der Waals surface area contributed by atoms with Gasteiger partial charge in [0, 0.05) is 16.3 Å². The van der Waals surface area contributed by atoms with Gasteiger partial charge >= 0.3 is 0 Å². The van der Waals surface area contributed by atoms with Crippen molar-refractivity contribution in [1.82, 2.24) is 20.1 Å². The highest BCUT2D eigenvalue weighted by molar-refractivity contribution is 7.98. The first kappa shape index (κ1) is 26.2. The van der Waals surface area contributed by atoms with E-state index in [2.05, 4.69) is 22.4 Å². The molecule has 1 heterocycles. The third-order valence-electron chi connectivity index (χ3n) is 5.57. The number of nitrogens with one attached hydrogen (secondary N) is 1. The second-order valence-electron chi connectivity index (χ2n) is 8.23. The van der Waals surface area contributed by atoms with Crippen LogP contribution in [0.1, 0.15) is 47.1 Å². The van der Waals surface area contributed by atoms with E-state index in [1.54, 1.807) is 34.9 Å². The second-order valence-corrected chi connectivity index (χ2v) is 10.0. The van der Waals surface area contributed by atoms with Crippen LogP contribution < -0.4 is 5.32 Å². The van der Waals surface area contributed by atoms with Crippen molar-refractivity contribution in [1.29, 1.82) is 0 Å². The molecule has 0 fully saturated rings. The Morgan fingerprint density at radius 1 is 1.00 bits per heavy atom. The number of hydrogen-bond donors (Lipinski definition) is 1. The third kappa shape index (κ3) is 6.66. The fourth-order valence-corrected chi connectivity index (χ4v) is 4.89. The zero-order valence-corrected chi connectivity index (χ0v) is 22.0. The number of benzene rings is 3. The van der Waals surface area contributed by atoms with Gasteiger partial charge in [0.25, 0.3) is 5.91 Å². The summed E-state index contributed by atoms with van der Waals surface area (Å²) in [7, 11) is 0. The number of rotatable bonds is 10. The smallest absolute Gasteiger partial charge is 0.251 e. The molecule has 0 spiro atoms. The maximum Gasteiger partial charge on any atom is 0.251 e. The maximum atomic E-state index is 13.3. The van der Waals surface area contributed by atoms with Crippen LogP contribution in [0.15, 0.2) is 71.9 Å². The molecule has 1 amide bonds. The molecule has 0 aliphatic carbocycles. The lowest BCUT2D eigenvalue weighted by Crippen LogP contribution is -2.24. The lowest BCUT2D eigenvalue weighted by atomic mass is 10.1. The van der Waals surface area contributed by atoms with Crippen molar-refractivity contribution in [3.8, 4) is 5.69 Å². The molecule has 0 saturated heterocycles. The normalized spacial score (nSPS) is 11.0. The average molecular weight is 543 g/mol. The molecule has 36 heavy (non-hydrogen) atoms. The van der Waals surface area contributed by atoms with Gasteiger partial charge in [-0.25, -0.2) is 4.39 Å². The molecule has 0 radical (unpaired) electrons. The third-order valence-corrected chi connectivity index (χ3v) is 7.13. The van der Waals surface area contributed by atoms with Crippen molar-refractivity contribution in [3.63, 3.8) is 0 Å². The Bertz CT molecular complexity index is 1330. The summed E-state index contributed by atoms with van der Waals surface area (Å²) in [4.78, 5) is 12.8. The van der Waals surface area contributed by atoms with Crippen LogP contribution in [0.4, 0.5) is 4.39 Å². The quantitative estimate of drug-likeness (QED) is 0.214. The molecule has 3 aromatic carbocycles. The van der Waals surface area contributed by atoms with Crippen LogP contribution in [0.5, 0.6) is 0 Å². The van der Waals surface area contributed by atoms with Gasteiger partial charge in [0.05, 0.1) is 17.3 Å². The van der Waals surface area contributed by atoms with E-state index in [1.807, 2.05) is 24.3 Å². The minimum Gasteiger partial charge on any atom is -0.345 e. The van der Waals surface area contributed by atoms with Gasteiger partial charge < -0.3 is 5.32 Å². The molecule has 0 aliphatic heterocycles. The number of halogens is 3. The van der Waals surface area contributed by atoms with E-state index in [4.69, 9.17) is 23.2 Å². The van der Waals surface area contributed by atoms with Crippen LogP contribution in [0, 0.1) is 5.82 Å². The van der Waals surface area contributed by atoms with Crippen LogP contribution in [0.25, 0.3) is 5.69 Å². The van der Waals surface area contributed by atoms with E-state index < -0.39 is 0 Å². The molecule has 1 aromatic heterocycles. The Kier molecular flexibility index (Phi) is 9.02. The van der Waals surface area contributed by atoms with Crippen molar-refractivity contribution in [2.75, 3.05) is 0 Å². The van der Waals surface area contributed by atoms with Crippen molar-refractivity contribution in [3.05, 3.63) is 105 Å². The van der Waals surface area contributed by atoms with Gasteiger partial charge in [-0.05, 0) is 66.4 Å². The summed E-state index contributed by atoms with van der Waals surface area (Å²) in [5.41, 5.74) is 3.34. The van der Waals surface area contributed by atoms with Crippen LogP contribution >= 0.6 is 35.0 Å². The van der Waals surface area contributed by atoms with Gasteiger partial charge in [-0.1, -0.05) is 72.6 Å². The SMILES string of the molecule is CCCCc1ccc(C(=O)NCc2nnc(SCc3ccc(F)cc3)n2-c2cc(Cl)ccc2Cl)cc1. The standard InChI is InChI=1S/C27H25Cl2FN4OS/c1-2-3-4-18-5-9-20(10-6-18)26(35)31-16-25-32-33-27(36-17-19-7-12-22(30)13-8-19)34(25)24-15-21(28)11-14-23(24)29/h5-15H,2-4,16-17H2,1H3,(H,31,35). The molecule has 1 N–H and O–H groups in total. The van der Waals surface area contributed by atoms with E-state index in [9.17, 15) is 9.18 Å². The molecule has 5 nitrogen and oxygen atoms in total. The van der Waals surface area contributed by atoms with E-state index in [1.165, 1.54) is 29.5 Å². The first-order chi connectivity index (χ1) is 17.4. The van der Waals surface area contributed by atoms with Crippen molar-refractivity contribution < 1.29 is 9.18 Å². The number of hydrogen-bond acceptors (Lipinski definition) is 4. The zero-order valence-electron chi connectivity index (χ0n) is 19.7. The first-order valence-corrected chi connectivity index (χ1v) is 13.3. The molecule has 186 valence electrons. The van der Waals surface area contributed by atoms with E-state index in [-0.39, 0.29) is 18.3 Å². The summed E-state index contributed by atoms with van der Waals surface area (Å²) >= 11 is 14.2. The number of nitrogens with zero attached hydrogens (tertiary/aromatic N) is 3. The Morgan fingerprint density at radius 3 is 2.44 bits per heavy atom. The lowest BCUT2D eigenvalue weighted by molar-refractivity contribution is 0.0949. The van der Waals surface area contributed by atoms with Gasteiger partial charge in [-0.2, -0.15) is 0 Å². The summed E-state index contributed by atoms with van der Waals surface area (Å²) < 4.78 is 15.1. The van der Waals surface area contributed by atoms with Crippen molar-refractivity contribution >= 4 is 40.9 Å². The number of thioether (sulfide) groups is 1. The molecule has 0 atom stereocenters. The molecule has 0 aliphatic rings.